The van der Waals surface area contributed by atoms with Gasteiger partial charge in [0.1, 0.15) is 0 Å². The summed E-state index contributed by atoms with van der Waals surface area (Å²) in [5.41, 5.74) is 0. The van der Waals surface area contributed by atoms with Crippen molar-refractivity contribution in [3.05, 3.63) is 0 Å². The predicted octanol–water partition coefficient (Wildman–Crippen LogP) is -2.04. The summed E-state index contributed by atoms with van der Waals surface area (Å²) in [6, 6.07) is 0. The summed E-state index contributed by atoms with van der Waals surface area (Å²) >= 11 is 0. The van der Waals surface area contributed by atoms with Gasteiger partial charge in [-0.2, -0.15) is 0 Å². The second kappa shape index (κ2) is 8.89. The summed E-state index contributed by atoms with van der Waals surface area (Å²) < 4.78 is 4.61. The van der Waals surface area contributed by atoms with Crippen molar-refractivity contribution < 1.29 is 54.2 Å². The fourth-order valence-corrected chi connectivity index (χ4v) is 0.332. The molecule has 51 valence electrons. The third kappa shape index (κ3) is 17.6. The van der Waals surface area contributed by atoms with E-state index < -0.39 is 0 Å². The van der Waals surface area contributed by atoms with E-state index in [4.69, 9.17) is 0 Å². The fraction of sp³-hybridized carbons (Fsp3) is 0.800. The van der Waals surface area contributed by atoms with Crippen molar-refractivity contribution in [1.29, 1.82) is 0 Å². The fourth-order valence-electron chi connectivity index (χ4n) is 0.332. The van der Waals surface area contributed by atoms with Crippen LogP contribution >= 0.6 is 0 Å². The van der Waals surface area contributed by atoms with E-state index in [-0.39, 0.29) is 56.7 Å². The summed E-state index contributed by atoms with van der Waals surface area (Å²) in [7, 11) is 0. The first-order valence-electron chi connectivity index (χ1n) is 2.30. The number of halogens is 1. The zero-order chi connectivity index (χ0) is 5.86. The van der Waals surface area contributed by atoms with Crippen molar-refractivity contribution in [3.8, 4) is 0 Å². The number of hydrogen-bond acceptors (Lipinski definition) is 2. The zero-order valence-corrected chi connectivity index (χ0v) is 13.1. The van der Waals surface area contributed by atoms with Crippen LogP contribution in [0.5, 0.6) is 0 Å². The second-order valence-corrected chi connectivity index (χ2v) is 1.66. The van der Waals surface area contributed by atoms with Crippen molar-refractivity contribution in [2.75, 3.05) is 0 Å². The maximum absolute atomic E-state index is 10.0. The van der Waals surface area contributed by atoms with Gasteiger partial charge in [-0.3, -0.25) is 4.79 Å². The minimum absolute atomic E-state index is 0. The Morgan fingerprint density at radius 1 is 1.44 bits per heavy atom. The van der Waals surface area contributed by atoms with Crippen molar-refractivity contribution in [2.45, 2.75) is 26.9 Å². The molecular formula is C5H10BrHgO2. The van der Waals surface area contributed by atoms with Crippen LogP contribution in [0.4, 0.5) is 0 Å². The van der Waals surface area contributed by atoms with Crippen molar-refractivity contribution in [2.24, 2.45) is 0 Å². The average molecular weight is 383 g/mol. The number of hydrogen-bond donors (Lipinski definition) is 0. The van der Waals surface area contributed by atoms with Crippen molar-refractivity contribution in [1.82, 2.24) is 0 Å². The Labute approximate surface area is 86.6 Å². The molecule has 0 fully saturated rings. The summed E-state index contributed by atoms with van der Waals surface area (Å²) in [5, 5.41) is 0. The molecule has 1 radical (unpaired) electrons. The smallest absolute Gasteiger partial charge is 1.00 e. The first kappa shape index (κ1) is 16.5. The van der Waals surface area contributed by atoms with Gasteiger partial charge in [-0.05, 0) is 13.8 Å². The van der Waals surface area contributed by atoms with Gasteiger partial charge in [0.05, 0.1) is 6.10 Å². The van der Waals surface area contributed by atoms with Gasteiger partial charge in [0.2, 0.25) is 0 Å². The first-order valence-corrected chi connectivity index (χ1v) is 2.30. The summed E-state index contributed by atoms with van der Waals surface area (Å²) in [6.07, 6.45) is 0.0255. The summed E-state index contributed by atoms with van der Waals surface area (Å²) in [5.74, 6) is -0.213. The minimum Gasteiger partial charge on any atom is -1.00 e. The summed E-state index contributed by atoms with van der Waals surface area (Å²) in [6.45, 7) is 5.04. The number of rotatable bonds is 1. The second-order valence-electron chi connectivity index (χ2n) is 1.66. The van der Waals surface area contributed by atoms with Gasteiger partial charge in [-0.15, -0.1) is 0 Å². The molecular weight excluding hydrogens is 373 g/mol. The molecule has 0 amide bonds. The molecule has 0 atom stereocenters. The molecule has 0 N–H and O–H groups in total. The van der Waals surface area contributed by atoms with E-state index in [1.807, 2.05) is 13.8 Å². The molecule has 0 heterocycles. The van der Waals surface area contributed by atoms with Gasteiger partial charge in [0.15, 0.2) is 0 Å². The predicted molar refractivity (Wildman–Crippen MR) is 26.9 cm³/mol. The van der Waals surface area contributed by atoms with E-state index >= 15 is 0 Å². The van der Waals surface area contributed by atoms with Crippen LogP contribution in [0.25, 0.3) is 0 Å². The van der Waals surface area contributed by atoms with Gasteiger partial charge < -0.3 is 21.7 Å². The van der Waals surface area contributed by atoms with E-state index in [0.717, 1.165) is 0 Å². The van der Waals surface area contributed by atoms with Gasteiger partial charge in [-0.1, -0.05) is 0 Å². The van der Waals surface area contributed by atoms with Crippen LogP contribution < -0.4 is 17.0 Å². The van der Waals surface area contributed by atoms with Crippen LogP contribution in [0.3, 0.4) is 0 Å². The van der Waals surface area contributed by atoms with Gasteiger partial charge in [0, 0.05) is 6.92 Å². The maximum atomic E-state index is 10.0. The third-order valence-corrected chi connectivity index (χ3v) is 0.402. The van der Waals surface area contributed by atoms with E-state index in [1.165, 1.54) is 6.92 Å². The molecule has 0 saturated heterocycles. The molecule has 0 saturated carbocycles. The molecule has 9 heavy (non-hydrogen) atoms. The van der Waals surface area contributed by atoms with Crippen LogP contribution in [0.15, 0.2) is 0 Å². The Morgan fingerprint density at radius 2 is 1.78 bits per heavy atom. The normalized spacial score (nSPS) is 7.11. The zero-order valence-electron chi connectivity index (χ0n) is 5.98. The topological polar surface area (TPSA) is 26.3 Å². The molecule has 0 unspecified atom stereocenters. The summed E-state index contributed by atoms with van der Waals surface area (Å²) in [4.78, 5) is 10.0. The Hall–Kier alpha value is 0.885. The van der Waals surface area contributed by atoms with Crippen LogP contribution in [-0.4, -0.2) is 12.1 Å². The van der Waals surface area contributed by atoms with E-state index in [2.05, 4.69) is 4.74 Å². The number of ether oxygens (including phenoxy) is 1. The molecule has 0 aliphatic rings. The maximum Gasteiger partial charge on any atom is 1.00 e. The number of carbonyl (C=O) groups is 1. The van der Waals surface area contributed by atoms with Crippen molar-refractivity contribution >= 4 is 5.97 Å². The largest absolute Gasteiger partial charge is 1.00 e. The van der Waals surface area contributed by atoms with Crippen molar-refractivity contribution in [3.63, 3.8) is 0 Å². The quantitative estimate of drug-likeness (QED) is 0.386. The van der Waals surface area contributed by atoms with Crippen LogP contribution in [0, 0.1) is 0 Å². The first-order chi connectivity index (χ1) is 3.13. The van der Waals surface area contributed by atoms with E-state index in [9.17, 15) is 4.79 Å². The monoisotopic (exact) mass is 383 g/mol. The molecule has 0 aromatic heterocycles. The molecule has 0 aromatic rings. The molecule has 0 aliphatic heterocycles. The number of esters is 1. The van der Waals surface area contributed by atoms with E-state index in [0.29, 0.717) is 0 Å². The SMILES string of the molecule is CC(=O)OC(C)C.[Br-].[Hg+]. The number of carbonyl (C=O) groups excluding carboxylic acids is 1. The molecule has 0 spiro atoms. The van der Waals surface area contributed by atoms with Gasteiger partial charge in [-0.25, -0.2) is 0 Å². The van der Waals surface area contributed by atoms with E-state index in [1.54, 1.807) is 0 Å². The van der Waals surface area contributed by atoms with Crippen LogP contribution in [0.2, 0.25) is 0 Å². The standard InChI is InChI=1S/C5H10O2.BrH.Hg/c1-4(2)7-5(3)6;;/h4H,1-3H3;1H;/q;;+1/p-1. The Balaban J connectivity index is -0.000000180. The molecule has 0 rings (SSSR count). The Morgan fingerprint density at radius 3 is 1.78 bits per heavy atom. The van der Waals surface area contributed by atoms with Crippen LogP contribution in [0.1, 0.15) is 20.8 Å². The third-order valence-electron chi connectivity index (χ3n) is 0.402. The van der Waals surface area contributed by atoms with Crippen LogP contribution in [-0.2, 0) is 37.2 Å². The molecule has 0 aliphatic carbocycles. The molecule has 4 heteroatoms. The van der Waals surface area contributed by atoms with Gasteiger partial charge >= 0.3 is 33.6 Å². The Kier molecular flexibility index (Phi) is 16.3. The van der Waals surface area contributed by atoms with Gasteiger partial charge in [0.25, 0.3) is 0 Å². The molecule has 2 nitrogen and oxygen atoms in total. The average Bonchev–Trinajstić information content (AvgIpc) is 1.27. The molecule has 0 aromatic carbocycles. The minimum atomic E-state index is -0.213. The molecule has 0 bridgehead atoms. The Bertz CT molecular complexity index is 75.4.